The Labute approximate surface area is 124 Å². The Bertz CT molecular complexity index is 574. The van der Waals surface area contributed by atoms with Crippen LogP contribution in [-0.4, -0.2) is 15.9 Å². The van der Waals surface area contributed by atoms with E-state index in [1.165, 1.54) is 23.6 Å². The molecule has 0 aliphatic heterocycles. The maximum absolute atomic E-state index is 12.2. The van der Waals surface area contributed by atoms with Crippen LogP contribution in [0, 0.1) is 0 Å². The van der Waals surface area contributed by atoms with E-state index in [2.05, 4.69) is 15.3 Å². The summed E-state index contributed by atoms with van der Waals surface area (Å²) in [5.74, 6) is -0.281. The fourth-order valence-corrected chi connectivity index (χ4v) is 2.69. The molecule has 0 aromatic carbocycles. The third kappa shape index (κ3) is 3.43. The molecule has 2 rings (SSSR count). The number of aromatic nitrogens is 2. The van der Waals surface area contributed by atoms with Crippen LogP contribution in [0.15, 0.2) is 23.8 Å². The summed E-state index contributed by atoms with van der Waals surface area (Å²) in [5.41, 5.74) is 0.316. The van der Waals surface area contributed by atoms with Crippen LogP contribution in [0.3, 0.4) is 0 Å². The second-order valence-corrected chi connectivity index (χ2v) is 5.51. The number of hydrogen-bond donors (Lipinski definition) is 1. The van der Waals surface area contributed by atoms with Crippen LogP contribution < -0.4 is 5.32 Å². The van der Waals surface area contributed by atoms with Gasteiger partial charge in [0, 0.05) is 17.8 Å². The number of hydrogen-bond acceptors (Lipinski definition) is 4. The van der Waals surface area contributed by atoms with Gasteiger partial charge in [-0.1, -0.05) is 30.1 Å². The van der Waals surface area contributed by atoms with E-state index in [1.54, 1.807) is 6.20 Å². The van der Waals surface area contributed by atoms with Crippen LogP contribution in [-0.2, 0) is 0 Å². The molecule has 1 N–H and O–H groups in total. The Morgan fingerprint density at radius 2 is 2.26 bits per heavy atom. The summed E-state index contributed by atoms with van der Waals surface area (Å²) in [7, 11) is 0. The zero-order chi connectivity index (χ0) is 13.8. The molecular weight excluding hydrogens is 305 g/mol. The summed E-state index contributed by atoms with van der Waals surface area (Å²) in [4.78, 5) is 20.2. The third-order valence-corrected chi connectivity index (χ3v) is 3.93. The number of amides is 1. The van der Waals surface area contributed by atoms with E-state index in [0.29, 0.717) is 5.56 Å². The molecule has 0 radical (unpaired) electrons. The van der Waals surface area contributed by atoms with E-state index >= 15 is 0 Å². The Kier molecular flexibility index (Phi) is 4.74. The smallest absolute Gasteiger partial charge is 0.253 e. The van der Waals surface area contributed by atoms with Gasteiger partial charge in [0.15, 0.2) is 0 Å². The number of rotatable bonds is 4. The molecule has 1 unspecified atom stereocenters. The molecule has 2 aromatic heterocycles. The minimum atomic E-state index is -0.281. The standard InChI is InChI=1S/C12H11Cl2N3OS/c1-2-9(12-15-3-4-19-12)17-11(18)7-5-10(14)16-6-8(7)13/h3-6,9H,2H2,1H3,(H,17,18). The Balaban J connectivity index is 2.18. The zero-order valence-corrected chi connectivity index (χ0v) is 12.4. The molecule has 2 heterocycles. The number of nitrogens with one attached hydrogen (secondary N) is 1. The molecule has 100 valence electrons. The molecule has 7 heteroatoms. The highest BCUT2D eigenvalue weighted by molar-refractivity contribution is 7.09. The molecule has 0 saturated carbocycles. The minimum absolute atomic E-state index is 0.129. The summed E-state index contributed by atoms with van der Waals surface area (Å²) in [6.07, 6.45) is 3.82. The quantitative estimate of drug-likeness (QED) is 0.875. The van der Waals surface area contributed by atoms with Crippen LogP contribution >= 0.6 is 34.5 Å². The highest BCUT2D eigenvalue weighted by Crippen LogP contribution is 2.22. The molecule has 1 atom stereocenters. The van der Waals surface area contributed by atoms with Crippen molar-refractivity contribution >= 4 is 40.4 Å². The van der Waals surface area contributed by atoms with Gasteiger partial charge in [0.1, 0.15) is 10.2 Å². The average Bonchev–Trinajstić information content (AvgIpc) is 2.92. The molecule has 0 aliphatic rings. The molecular formula is C12H11Cl2N3OS. The van der Waals surface area contributed by atoms with Crippen molar-refractivity contribution in [2.75, 3.05) is 0 Å². The monoisotopic (exact) mass is 315 g/mol. The lowest BCUT2D eigenvalue weighted by Crippen LogP contribution is -2.28. The van der Waals surface area contributed by atoms with Crippen LogP contribution in [0.1, 0.15) is 34.8 Å². The summed E-state index contributed by atoms with van der Waals surface area (Å²) in [6.45, 7) is 1.98. The van der Waals surface area contributed by atoms with Gasteiger partial charge in [-0.05, 0) is 12.5 Å². The van der Waals surface area contributed by atoms with Gasteiger partial charge in [0.25, 0.3) is 5.91 Å². The molecule has 1 amide bonds. The van der Waals surface area contributed by atoms with Gasteiger partial charge in [-0.15, -0.1) is 11.3 Å². The van der Waals surface area contributed by atoms with E-state index in [4.69, 9.17) is 23.2 Å². The molecule has 4 nitrogen and oxygen atoms in total. The summed E-state index contributed by atoms with van der Waals surface area (Å²) >= 11 is 13.2. The van der Waals surface area contributed by atoms with E-state index in [-0.39, 0.29) is 22.1 Å². The zero-order valence-electron chi connectivity index (χ0n) is 10.1. The molecule has 0 fully saturated rings. The molecule has 0 saturated heterocycles. The van der Waals surface area contributed by atoms with E-state index < -0.39 is 0 Å². The number of thiazole rings is 1. The van der Waals surface area contributed by atoms with Crippen molar-refractivity contribution in [2.24, 2.45) is 0 Å². The Morgan fingerprint density at radius 1 is 1.47 bits per heavy atom. The van der Waals surface area contributed by atoms with Crippen LogP contribution in [0.2, 0.25) is 10.2 Å². The average molecular weight is 316 g/mol. The third-order valence-electron chi connectivity index (χ3n) is 2.53. The van der Waals surface area contributed by atoms with Crippen molar-refractivity contribution in [1.82, 2.24) is 15.3 Å². The van der Waals surface area contributed by atoms with Crippen molar-refractivity contribution in [3.63, 3.8) is 0 Å². The van der Waals surface area contributed by atoms with Crippen molar-refractivity contribution in [3.05, 3.63) is 44.6 Å². The summed E-state index contributed by atoms with van der Waals surface area (Å²) in [5, 5.41) is 6.14. The van der Waals surface area contributed by atoms with Gasteiger partial charge in [-0.25, -0.2) is 9.97 Å². The Hall–Kier alpha value is -1.17. The lowest BCUT2D eigenvalue weighted by atomic mass is 10.2. The molecule has 2 aromatic rings. The number of halogens is 2. The number of carbonyl (C=O) groups is 1. The van der Waals surface area contributed by atoms with Gasteiger partial charge in [-0.3, -0.25) is 4.79 Å². The first-order chi connectivity index (χ1) is 9.11. The normalized spacial score (nSPS) is 12.2. The summed E-state index contributed by atoms with van der Waals surface area (Å²) in [6, 6.07) is 1.32. The van der Waals surface area contributed by atoms with Gasteiger partial charge in [0.05, 0.1) is 16.6 Å². The van der Waals surface area contributed by atoms with Crippen LogP contribution in [0.4, 0.5) is 0 Å². The van der Waals surface area contributed by atoms with Crippen molar-refractivity contribution in [2.45, 2.75) is 19.4 Å². The predicted molar refractivity (Wildman–Crippen MR) is 76.9 cm³/mol. The van der Waals surface area contributed by atoms with Crippen molar-refractivity contribution in [1.29, 1.82) is 0 Å². The number of nitrogens with zero attached hydrogens (tertiary/aromatic N) is 2. The topological polar surface area (TPSA) is 54.9 Å². The summed E-state index contributed by atoms with van der Waals surface area (Å²) < 4.78 is 0. The maximum Gasteiger partial charge on any atom is 0.253 e. The highest BCUT2D eigenvalue weighted by atomic mass is 35.5. The van der Waals surface area contributed by atoms with Crippen molar-refractivity contribution in [3.8, 4) is 0 Å². The van der Waals surface area contributed by atoms with Gasteiger partial charge >= 0.3 is 0 Å². The highest BCUT2D eigenvalue weighted by Gasteiger charge is 2.18. The second-order valence-electron chi connectivity index (χ2n) is 3.79. The Morgan fingerprint density at radius 3 is 2.89 bits per heavy atom. The van der Waals surface area contributed by atoms with Crippen LogP contribution in [0.5, 0.6) is 0 Å². The lowest BCUT2D eigenvalue weighted by molar-refractivity contribution is 0.0935. The predicted octanol–water partition coefficient (Wildman–Crippen LogP) is 3.73. The SMILES string of the molecule is CCC(NC(=O)c1cc(Cl)ncc1Cl)c1nccs1. The fraction of sp³-hybridized carbons (Fsp3) is 0.250. The molecule has 0 bridgehead atoms. The fourth-order valence-electron chi connectivity index (χ4n) is 1.57. The second kappa shape index (κ2) is 6.32. The first-order valence-corrected chi connectivity index (χ1v) is 7.26. The van der Waals surface area contributed by atoms with Gasteiger partial charge < -0.3 is 5.32 Å². The van der Waals surface area contributed by atoms with E-state index in [9.17, 15) is 4.79 Å². The molecule has 0 aliphatic carbocycles. The van der Waals surface area contributed by atoms with Crippen molar-refractivity contribution < 1.29 is 4.79 Å². The first-order valence-electron chi connectivity index (χ1n) is 5.63. The molecule has 0 spiro atoms. The number of pyridine rings is 1. The van der Waals surface area contributed by atoms with E-state index in [0.717, 1.165) is 11.4 Å². The first kappa shape index (κ1) is 14.2. The number of carbonyl (C=O) groups excluding carboxylic acids is 1. The van der Waals surface area contributed by atoms with Crippen LogP contribution in [0.25, 0.3) is 0 Å². The maximum atomic E-state index is 12.2. The largest absolute Gasteiger partial charge is 0.343 e. The molecule has 19 heavy (non-hydrogen) atoms. The lowest BCUT2D eigenvalue weighted by Gasteiger charge is -2.15. The van der Waals surface area contributed by atoms with E-state index in [1.807, 2.05) is 12.3 Å². The minimum Gasteiger partial charge on any atom is -0.343 e. The van der Waals surface area contributed by atoms with Gasteiger partial charge in [0.2, 0.25) is 0 Å². The van der Waals surface area contributed by atoms with Gasteiger partial charge in [-0.2, -0.15) is 0 Å².